The van der Waals surface area contributed by atoms with E-state index in [2.05, 4.69) is 15.6 Å². The van der Waals surface area contributed by atoms with Crippen LogP contribution in [0, 0.1) is 10.1 Å². The Morgan fingerprint density at radius 2 is 2.25 bits per heavy atom. The molecule has 1 aliphatic heterocycles. The van der Waals surface area contributed by atoms with Gasteiger partial charge in [-0.3, -0.25) is 0 Å². The third kappa shape index (κ3) is 3.77. The molecule has 0 saturated carbocycles. The highest BCUT2D eigenvalue weighted by molar-refractivity contribution is 5.94. The lowest BCUT2D eigenvalue weighted by Crippen LogP contribution is -2.50. The van der Waals surface area contributed by atoms with Gasteiger partial charge in [-0.05, 0) is 35.9 Å². The average Bonchev–Trinajstić information content (AvgIpc) is 2.52. The molecule has 0 fully saturated rings. The van der Waals surface area contributed by atoms with Crippen LogP contribution in [-0.4, -0.2) is 41.2 Å². The first-order valence-electron chi connectivity index (χ1n) is 7.14. The molecule has 10 heteroatoms. The number of pyridine rings is 1. The number of nitrogens with one attached hydrogen (secondary N) is 2. The number of amides is 2. The first-order chi connectivity index (χ1) is 11.4. The van der Waals surface area contributed by atoms with Crippen molar-refractivity contribution < 1.29 is 24.0 Å². The van der Waals surface area contributed by atoms with E-state index in [0.717, 1.165) is 0 Å². The van der Waals surface area contributed by atoms with E-state index in [1.165, 1.54) is 18.3 Å². The van der Waals surface area contributed by atoms with E-state index in [4.69, 9.17) is 9.47 Å². The van der Waals surface area contributed by atoms with Gasteiger partial charge in [-0.2, -0.15) is 0 Å². The zero-order chi connectivity index (χ0) is 17.7. The van der Waals surface area contributed by atoms with Crippen molar-refractivity contribution in [2.24, 2.45) is 0 Å². The van der Waals surface area contributed by atoms with Crippen LogP contribution in [0.1, 0.15) is 13.8 Å². The van der Waals surface area contributed by atoms with Crippen LogP contribution in [0.2, 0.25) is 0 Å². The average molecular weight is 336 g/mol. The van der Waals surface area contributed by atoms with Gasteiger partial charge in [-0.15, -0.1) is 0 Å². The fraction of sp³-hybridized carbons (Fsp3) is 0.357. The Balaban J connectivity index is 2.27. The van der Waals surface area contributed by atoms with E-state index in [9.17, 15) is 19.7 Å². The third-order valence-corrected chi connectivity index (χ3v) is 3.16. The molecule has 2 amide bonds. The number of urea groups is 1. The molecule has 24 heavy (non-hydrogen) atoms. The smallest absolute Gasteiger partial charge is 0.406 e. The molecule has 0 saturated heterocycles. The van der Waals surface area contributed by atoms with Gasteiger partial charge < -0.3 is 30.2 Å². The van der Waals surface area contributed by atoms with Crippen LogP contribution in [-0.2, 0) is 9.53 Å². The van der Waals surface area contributed by atoms with Gasteiger partial charge in [-0.25, -0.2) is 9.59 Å². The fourth-order valence-corrected chi connectivity index (χ4v) is 2.18. The summed E-state index contributed by atoms with van der Waals surface area (Å²) in [6.45, 7) is 3.20. The number of hydrogen-bond acceptors (Lipinski definition) is 7. The summed E-state index contributed by atoms with van der Waals surface area (Å²) in [4.78, 5) is 37.6. The van der Waals surface area contributed by atoms with Crippen LogP contribution >= 0.6 is 0 Å². The highest BCUT2D eigenvalue weighted by atomic mass is 16.6. The van der Waals surface area contributed by atoms with Crippen molar-refractivity contribution >= 4 is 17.8 Å². The number of esters is 1. The maximum atomic E-state index is 12.1. The van der Waals surface area contributed by atoms with Gasteiger partial charge in [-0.1, -0.05) is 0 Å². The Kier molecular flexibility index (Phi) is 5.30. The van der Waals surface area contributed by atoms with Crippen molar-refractivity contribution in [3.63, 3.8) is 0 Å². The van der Waals surface area contributed by atoms with E-state index in [-0.39, 0.29) is 30.2 Å². The topological polar surface area (TPSA) is 133 Å². The number of rotatable bonds is 6. The summed E-state index contributed by atoms with van der Waals surface area (Å²) >= 11 is 0. The molecule has 10 nitrogen and oxygen atoms in total. The zero-order valence-electron chi connectivity index (χ0n) is 13.1. The van der Waals surface area contributed by atoms with Gasteiger partial charge in [0.1, 0.15) is 12.8 Å². The van der Waals surface area contributed by atoms with Gasteiger partial charge in [0.05, 0.1) is 23.9 Å². The summed E-state index contributed by atoms with van der Waals surface area (Å²) in [6.07, 6.45) is 1.27. The molecule has 0 bridgehead atoms. The van der Waals surface area contributed by atoms with Crippen LogP contribution in [0.3, 0.4) is 0 Å². The normalized spacial score (nSPS) is 16.9. The monoisotopic (exact) mass is 336 g/mol. The van der Waals surface area contributed by atoms with Crippen molar-refractivity contribution in [2.75, 3.05) is 13.2 Å². The minimum absolute atomic E-state index is 0.0707. The Morgan fingerprint density at radius 3 is 2.92 bits per heavy atom. The molecule has 0 aromatic carbocycles. The van der Waals surface area contributed by atoms with Gasteiger partial charge in [0.25, 0.3) is 0 Å². The van der Waals surface area contributed by atoms with Gasteiger partial charge in [0, 0.05) is 0 Å². The van der Waals surface area contributed by atoms with Crippen molar-refractivity contribution in [1.29, 1.82) is 0 Å². The highest BCUT2D eigenvalue weighted by Gasteiger charge is 2.30. The van der Waals surface area contributed by atoms with Crippen LogP contribution in [0.25, 0.3) is 0 Å². The molecule has 1 aromatic heterocycles. The molecule has 1 unspecified atom stereocenters. The van der Waals surface area contributed by atoms with Crippen LogP contribution < -0.4 is 15.4 Å². The van der Waals surface area contributed by atoms with E-state index in [1.54, 1.807) is 13.8 Å². The second-order valence-corrected chi connectivity index (χ2v) is 4.80. The maximum Gasteiger partial charge on any atom is 0.406 e. The minimum Gasteiger partial charge on any atom is -0.479 e. The quantitative estimate of drug-likeness (QED) is 0.447. The Bertz CT molecular complexity index is 702. The number of hydrogen-bond donors (Lipinski definition) is 2. The molecular formula is C14H16N4O6. The van der Waals surface area contributed by atoms with E-state index < -0.39 is 28.8 Å². The van der Waals surface area contributed by atoms with Gasteiger partial charge in [0.15, 0.2) is 0 Å². The second kappa shape index (κ2) is 7.40. The number of aromatic nitrogens is 1. The SMILES string of the molecule is CCOC(=O)C1=C(COc2cccnc2[N+](=O)[O-])NC(=O)NC1C. The summed E-state index contributed by atoms with van der Waals surface area (Å²) in [7, 11) is 0. The van der Waals surface area contributed by atoms with Crippen molar-refractivity contribution in [2.45, 2.75) is 19.9 Å². The number of nitro groups is 1. The molecule has 1 aromatic rings. The molecule has 2 heterocycles. The molecule has 2 rings (SSSR count). The number of ether oxygens (including phenoxy) is 2. The van der Waals surface area contributed by atoms with Crippen molar-refractivity contribution in [3.8, 4) is 5.75 Å². The molecule has 0 radical (unpaired) electrons. The Hall–Kier alpha value is -3.17. The highest BCUT2D eigenvalue weighted by Crippen LogP contribution is 2.24. The summed E-state index contributed by atoms with van der Waals surface area (Å²) in [5, 5.41) is 15.9. The fourth-order valence-electron chi connectivity index (χ4n) is 2.18. The third-order valence-electron chi connectivity index (χ3n) is 3.16. The van der Waals surface area contributed by atoms with Crippen LogP contribution in [0.15, 0.2) is 29.6 Å². The lowest BCUT2D eigenvalue weighted by Gasteiger charge is -2.26. The van der Waals surface area contributed by atoms with Crippen LogP contribution in [0.5, 0.6) is 5.75 Å². The maximum absolute atomic E-state index is 12.1. The first kappa shape index (κ1) is 17.2. The predicted molar refractivity (Wildman–Crippen MR) is 81.2 cm³/mol. The Morgan fingerprint density at radius 1 is 1.50 bits per heavy atom. The first-order valence-corrected chi connectivity index (χ1v) is 7.14. The van der Waals surface area contributed by atoms with Crippen molar-refractivity contribution in [1.82, 2.24) is 15.6 Å². The molecule has 0 spiro atoms. The summed E-state index contributed by atoms with van der Waals surface area (Å²) in [5.41, 5.74) is 0.380. The molecule has 1 aliphatic rings. The van der Waals surface area contributed by atoms with E-state index in [0.29, 0.717) is 0 Å². The zero-order valence-corrected chi connectivity index (χ0v) is 13.1. The van der Waals surface area contributed by atoms with Gasteiger partial charge >= 0.3 is 17.8 Å². The summed E-state index contributed by atoms with van der Waals surface area (Å²) in [6, 6.07) is 1.77. The standard InChI is InChI=1S/C14H16N4O6/c1-3-23-13(19)11-8(2)16-14(20)17-9(11)7-24-10-5-4-6-15-12(10)18(21)22/h4-6,8H,3,7H2,1-2H3,(H2,16,17,20). The number of nitrogens with zero attached hydrogens (tertiary/aromatic N) is 2. The molecule has 128 valence electrons. The summed E-state index contributed by atoms with van der Waals surface area (Å²) < 4.78 is 10.3. The van der Waals surface area contributed by atoms with Gasteiger partial charge in [0.2, 0.25) is 5.75 Å². The Labute approximate surface area is 137 Å². The molecule has 1 atom stereocenters. The lowest BCUT2D eigenvalue weighted by atomic mass is 10.0. The minimum atomic E-state index is -0.681. The van der Waals surface area contributed by atoms with Crippen LogP contribution in [0.4, 0.5) is 10.6 Å². The van der Waals surface area contributed by atoms with E-state index >= 15 is 0 Å². The van der Waals surface area contributed by atoms with E-state index in [1.807, 2.05) is 0 Å². The number of carbonyl (C=O) groups is 2. The predicted octanol–water partition coefficient (Wildman–Crippen LogP) is 0.887. The molecule has 0 aliphatic carbocycles. The number of carbonyl (C=O) groups excluding carboxylic acids is 2. The second-order valence-electron chi connectivity index (χ2n) is 4.80. The summed E-state index contributed by atoms with van der Waals surface area (Å²) in [5.74, 6) is -1.13. The molecular weight excluding hydrogens is 320 g/mol. The molecule has 2 N–H and O–H groups in total. The largest absolute Gasteiger partial charge is 0.479 e. The lowest BCUT2D eigenvalue weighted by molar-refractivity contribution is -0.390. The van der Waals surface area contributed by atoms with Crippen molar-refractivity contribution in [3.05, 3.63) is 39.7 Å².